The molecule has 0 atom stereocenters. The van der Waals surface area contributed by atoms with Gasteiger partial charge in [0.25, 0.3) is 0 Å². The topological polar surface area (TPSA) is 18.5 Å². The number of hydrogen-bond acceptors (Lipinski definition) is 2. The van der Waals surface area contributed by atoms with Crippen LogP contribution in [-0.2, 0) is 4.74 Å². The van der Waals surface area contributed by atoms with Gasteiger partial charge in [-0.25, -0.2) is 4.39 Å². The third-order valence-electron chi connectivity index (χ3n) is 3.74. The van der Waals surface area contributed by atoms with Gasteiger partial charge in [-0.15, -0.1) is 0 Å². The lowest BCUT2D eigenvalue weighted by Crippen LogP contribution is -2.20. The Morgan fingerprint density at radius 2 is 1.67 bits per heavy atom. The Balaban J connectivity index is 2.17. The van der Waals surface area contributed by atoms with E-state index in [2.05, 4.69) is 0 Å². The Bertz CT molecular complexity index is 413. The van der Waals surface area contributed by atoms with E-state index in [9.17, 15) is 8.78 Å². The van der Waals surface area contributed by atoms with Gasteiger partial charge in [0.2, 0.25) is 5.82 Å². The molecule has 0 radical (unpaired) electrons. The van der Waals surface area contributed by atoms with Crippen molar-refractivity contribution in [1.29, 1.82) is 0 Å². The number of hydrogen-bond donors (Lipinski definition) is 0. The second kappa shape index (κ2) is 5.65. The van der Waals surface area contributed by atoms with Crippen molar-refractivity contribution in [2.24, 2.45) is 0 Å². The molecular weight excluding hydrogens is 238 g/mol. The van der Waals surface area contributed by atoms with Crippen molar-refractivity contribution in [3.05, 3.63) is 29.3 Å². The van der Waals surface area contributed by atoms with Crippen molar-refractivity contribution in [3.63, 3.8) is 0 Å². The first-order chi connectivity index (χ1) is 8.67. The molecule has 18 heavy (non-hydrogen) atoms. The quantitative estimate of drug-likeness (QED) is 0.822. The molecule has 1 fully saturated rings. The molecule has 2 rings (SSSR count). The maximum Gasteiger partial charge on any atom is 0.200 e. The van der Waals surface area contributed by atoms with Crippen LogP contribution in [0.15, 0.2) is 12.1 Å². The Hall–Kier alpha value is -1.16. The van der Waals surface area contributed by atoms with Gasteiger partial charge in [0, 0.05) is 7.11 Å². The van der Waals surface area contributed by atoms with Crippen LogP contribution in [0, 0.1) is 11.6 Å². The molecule has 0 saturated heterocycles. The monoisotopic (exact) mass is 256 g/mol. The van der Waals surface area contributed by atoms with Crippen LogP contribution < -0.4 is 4.74 Å². The number of methoxy groups -OCH3 is 2. The van der Waals surface area contributed by atoms with Gasteiger partial charge in [-0.3, -0.25) is 0 Å². The predicted octanol–water partition coefficient (Wildman–Crippen LogP) is 3.65. The molecule has 100 valence electrons. The fourth-order valence-electron chi connectivity index (χ4n) is 2.63. The highest BCUT2D eigenvalue weighted by Gasteiger charge is 2.26. The van der Waals surface area contributed by atoms with E-state index in [1.54, 1.807) is 13.2 Å². The molecule has 0 aromatic heterocycles. The normalized spacial score (nSPS) is 24.0. The molecular formula is C14H18F2O2. The molecule has 0 spiro atoms. The first-order valence-electron chi connectivity index (χ1n) is 6.22. The summed E-state index contributed by atoms with van der Waals surface area (Å²) in [5, 5.41) is 0. The van der Waals surface area contributed by atoms with Crippen LogP contribution in [0.3, 0.4) is 0 Å². The van der Waals surface area contributed by atoms with E-state index in [0.29, 0.717) is 5.56 Å². The Labute approximate surface area is 106 Å². The highest BCUT2D eigenvalue weighted by Crippen LogP contribution is 2.37. The smallest absolute Gasteiger partial charge is 0.200 e. The van der Waals surface area contributed by atoms with Crippen LogP contribution in [0.2, 0.25) is 0 Å². The molecule has 0 N–H and O–H groups in total. The van der Waals surface area contributed by atoms with Crippen LogP contribution in [0.25, 0.3) is 0 Å². The third-order valence-corrected chi connectivity index (χ3v) is 3.74. The minimum atomic E-state index is -0.885. The van der Waals surface area contributed by atoms with Crippen molar-refractivity contribution in [2.75, 3.05) is 14.2 Å². The van der Waals surface area contributed by atoms with Gasteiger partial charge in [-0.2, -0.15) is 4.39 Å². The van der Waals surface area contributed by atoms with Gasteiger partial charge in [0.1, 0.15) is 0 Å². The second-order valence-corrected chi connectivity index (χ2v) is 4.69. The van der Waals surface area contributed by atoms with Crippen molar-refractivity contribution in [3.8, 4) is 5.75 Å². The van der Waals surface area contributed by atoms with E-state index >= 15 is 0 Å². The summed E-state index contributed by atoms with van der Waals surface area (Å²) < 4.78 is 37.6. The molecule has 4 heteroatoms. The summed E-state index contributed by atoms with van der Waals surface area (Å²) in [6.45, 7) is 0. The first kappa shape index (κ1) is 13.3. The van der Waals surface area contributed by atoms with Crippen LogP contribution in [0.5, 0.6) is 5.75 Å². The summed E-state index contributed by atoms with van der Waals surface area (Å²) in [6.07, 6.45) is 3.72. The van der Waals surface area contributed by atoms with Gasteiger partial charge < -0.3 is 9.47 Å². The summed E-state index contributed by atoms with van der Waals surface area (Å²) in [5.41, 5.74) is 0.461. The van der Waals surface area contributed by atoms with Crippen molar-refractivity contribution < 1.29 is 18.3 Å². The Kier molecular flexibility index (Phi) is 4.17. The van der Waals surface area contributed by atoms with E-state index in [-0.39, 0.29) is 17.8 Å². The molecule has 0 aliphatic heterocycles. The molecule has 1 aliphatic rings. The number of benzene rings is 1. The Morgan fingerprint density at radius 1 is 1.00 bits per heavy atom. The maximum atomic E-state index is 13.9. The molecule has 0 unspecified atom stereocenters. The summed E-state index contributed by atoms with van der Waals surface area (Å²) in [6, 6.07) is 3.13. The fourth-order valence-corrected chi connectivity index (χ4v) is 2.63. The molecule has 1 aliphatic carbocycles. The summed E-state index contributed by atoms with van der Waals surface area (Å²) in [5.74, 6) is -1.61. The summed E-state index contributed by atoms with van der Waals surface area (Å²) >= 11 is 0. The third kappa shape index (κ3) is 2.48. The lowest BCUT2D eigenvalue weighted by Gasteiger charge is -2.28. The highest BCUT2D eigenvalue weighted by atomic mass is 19.2. The molecule has 1 saturated carbocycles. The minimum Gasteiger partial charge on any atom is -0.494 e. The molecule has 0 bridgehead atoms. The largest absolute Gasteiger partial charge is 0.494 e. The molecule has 0 amide bonds. The second-order valence-electron chi connectivity index (χ2n) is 4.69. The highest BCUT2D eigenvalue weighted by molar-refractivity contribution is 5.33. The van der Waals surface area contributed by atoms with Crippen molar-refractivity contribution >= 4 is 0 Å². The van der Waals surface area contributed by atoms with E-state index in [0.717, 1.165) is 25.7 Å². The van der Waals surface area contributed by atoms with Gasteiger partial charge >= 0.3 is 0 Å². The minimum absolute atomic E-state index is 0.0400. The van der Waals surface area contributed by atoms with Crippen molar-refractivity contribution in [1.82, 2.24) is 0 Å². The van der Waals surface area contributed by atoms with Gasteiger partial charge in [0.05, 0.1) is 13.2 Å². The average Bonchev–Trinajstić information content (AvgIpc) is 2.42. The number of ether oxygens (including phenoxy) is 2. The summed E-state index contributed by atoms with van der Waals surface area (Å²) in [7, 11) is 3.03. The lowest BCUT2D eigenvalue weighted by molar-refractivity contribution is 0.0654. The standard InChI is InChI=1S/C14H18F2O2/c1-17-10-5-3-9(4-6-10)11-7-8-12(18-2)14(16)13(11)15/h7-10H,3-6H2,1-2H3. The molecule has 0 heterocycles. The fraction of sp³-hybridized carbons (Fsp3) is 0.571. The predicted molar refractivity (Wildman–Crippen MR) is 64.9 cm³/mol. The van der Waals surface area contributed by atoms with Crippen LogP contribution in [0.4, 0.5) is 8.78 Å². The van der Waals surface area contributed by atoms with Crippen LogP contribution in [-0.4, -0.2) is 20.3 Å². The zero-order valence-corrected chi connectivity index (χ0v) is 10.7. The zero-order chi connectivity index (χ0) is 13.1. The SMILES string of the molecule is COc1ccc(C2CCC(OC)CC2)c(F)c1F. The molecule has 2 nitrogen and oxygen atoms in total. The molecule has 1 aromatic rings. The Morgan fingerprint density at radius 3 is 2.22 bits per heavy atom. The zero-order valence-electron chi connectivity index (χ0n) is 10.7. The van der Waals surface area contributed by atoms with E-state index in [4.69, 9.17) is 9.47 Å². The maximum absolute atomic E-state index is 13.9. The van der Waals surface area contributed by atoms with E-state index in [1.165, 1.54) is 13.2 Å². The molecule has 1 aromatic carbocycles. The van der Waals surface area contributed by atoms with Crippen molar-refractivity contribution in [2.45, 2.75) is 37.7 Å². The van der Waals surface area contributed by atoms with E-state index in [1.807, 2.05) is 0 Å². The van der Waals surface area contributed by atoms with Crippen LogP contribution >= 0.6 is 0 Å². The number of rotatable bonds is 3. The van der Waals surface area contributed by atoms with E-state index < -0.39 is 11.6 Å². The number of halogens is 2. The van der Waals surface area contributed by atoms with Gasteiger partial charge in [-0.05, 0) is 43.2 Å². The van der Waals surface area contributed by atoms with Gasteiger partial charge in [0.15, 0.2) is 11.6 Å². The van der Waals surface area contributed by atoms with Gasteiger partial charge in [-0.1, -0.05) is 6.07 Å². The first-order valence-corrected chi connectivity index (χ1v) is 6.22. The average molecular weight is 256 g/mol. The lowest BCUT2D eigenvalue weighted by atomic mass is 9.82. The van der Waals surface area contributed by atoms with Crippen LogP contribution in [0.1, 0.15) is 37.2 Å². The summed E-state index contributed by atoms with van der Waals surface area (Å²) in [4.78, 5) is 0.